The van der Waals surface area contributed by atoms with Crippen molar-refractivity contribution < 1.29 is 18.0 Å². The highest BCUT2D eigenvalue weighted by atomic mass is 32.2. The Morgan fingerprint density at radius 1 is 1.21 bits per heavy atom. The summed E-state index contributed by atoms with van der Waals surface area (Å²) in [7, 11) is 0. The molecule has 0 aliphatic carbocycles. The van der Waals surface area contributed by atoms with E-state index in [0.717, 1.165) is 24.2 Å². The first kappa shape index (κ1) is 23.3. The van der Waals surface area contributed by atoms with Crippen molar-refractivity contribution in [3.63, 3.8) is 0 Å². The SMILES string of the molecule is CC(C)CCn1c(=O)c2sccc2n2c(SCC(=O)Nc3ccccc3C(F)(F)F)nnc12. The lowest BCUT2D eigenvalue weighted by Gasteiger charge is -2.13. The standard InChI is InChI=1S/C21H20F3N5O2S2/c1-12(2)7-9-28-18(31)17-15(8-10-32-17)29-19(28)26-27-20(29)33-11-16(30)25-14-6-4-3-5-13(14)21(22,23)24/h3-6,8,10,12H,7,9,11H2,1-2H3,(H,25,30). The lowest BCUT2D eigenvalue weighted by molar-refractivity contribution is -0.137. The first-order valence-electron chi connectivity index (χ1n) is 10.1. The second kappa shape index (κ2) is 9.18. The number of nitrogens with zero attached hydrogens (tertiary/aromatic N) is 4. The van der Waals surface area contributed by atoms with Gasteiger partial charge in [0.1, 0.15) is 4.70 Å². The first-order valence-corrected chi connectivity index (χ1v) is 12.0. The predicted molar refractivity (Wildman–Crippen MR) is 123 cm³/mol. The summed E-state index contributed by atoms with van der Waals surface area (Å²) in [6.45, 7) is 4.60. The molecule has 0 fully saturated rings. The molecule has 4 rings (SSSR count). The highest BCUT2D eigenvalue weighted by Gasteiger charge is 2.33. The molecule has 0 aliphatic heterocycles. The number of hydrogen-bond acceptors (Lipinski definition) is 6. The summed E-state index contributed by atoms with van der Waals surface area (Å²) in [6.07, 6.45) is -3.80. The molecule has 1 N–H and O–H groups in total. The number of hydrogen-bond donors (Lipinski definition) is 1. The van der Waals surface area contributed by atoms with Crippen LogP contribution in [0.3, 0.4) is 0 Å². The van der Waals surface area contributed by atoms with Gasteiger partial charge in [-0.1, -0.05) is 37.7 Å². The Kier molecular flexibility index (Phi) is 6.48. The lowest BCUT2D eigenvalue weighted by atomic mass is 10.1. The second-order valence-corrected chi connectivity index (χ2v) is 9.63. The number of para-hydroxylation sites is 1. The summed E-state index contributed by atoms with van der Waals surface area (Å²) in [4.78, 5) is 25.4. The fraction of sp³-hybridized carbons (Fsp3) is 0.333. The van der Waals surface area contributed by atoms with Crippen molar-refractivity contribution in [1.29, 1.82) is 0 Å². The van der Waals surface area contributed by atoms with Crippen molar-refractivity contribution >= 4 is 50.7 Å². The van der Waals surface area contributed by atoms with E-state index in [1.807, 2.05) is 0 Å². The van der Waals surface area contributed by atoms with Gasteiger partial charge in [0.2, 0.25) is 11.7 Å². The monoisotopic (exact) mass is 495 g/mol. The molecule has 0 bridgehead atoms. The van der Waals surface area contributed by atoms with Crippen LogP contribution in [0.4, 0.5) is 18.9 Å². The summed E-state index contributed by atoms with van der Waals surface area (Å²) in [6, 6.07) is 6.60. The smallest absolute Gasteiger partial charge is 0.325 e. The number of aryl methyl sites for hydroxylation is 1. The van der Waals surface area contributed by atoms with Crippen LogP contribution in [0.15, 0.2) is 45.7 Å². The molecule has 0 radical (unpaired) electrons. The van der Waals surface area contributed by atoms with Gasteiger partial charge in [0.05, 0.1) is 22.5 Å². The van der Waals surface area contributed by atoms with E-state index >= 15 is 0 Å². The second-order valence-electron chi connectivity index (χ2n) is 7.77. The van der Waals surface area contributed by atoms with Crippen LogP contribution in [0.1, 0.15) is 25.8 Å². The molecule has 4 aromatic rings. The molecule has 0 aliphatic rings. The number of nitrogens with one attached hydrogen (secondary N) is 1. The van der Waals surface area contributed by atoms with Crippen molar-refractivity contribution in [1.82, 2.24) is 19.2 Å². The molecule has 174 valence electrons. The number of rotatable bonds is 7. The topological polar surface area (TPSA) is 81.3 Å². The molecule has 1 aromatic carbocycles. The van der Waals surface area contributed by atoms with Crippen molar-refractivity contribution in [2.45, 2.75) is 38.1 Å². The normalized spacial score (nSPS) is 12.2. The van der Waals surface area contributed by atoms with E-state index in [1.165, 1.54) is 29.5 Å². The van der Waals surface area contributed by atoms with E-state index < -0.39 is 17.6 Å². The van der Waals surface area contributed by atoms with E-state index in [0.29, 0.717) is 33.6 Å². The van der Waals surface area contributed by atoms with Gasteiger partial charge in [-0.15, -0.1) is 21.5 Å². The molecule has 12 heteroatoms. The summed E-state index contributed by atoms with van der Waals surface area (Å²) in [5.74, 6) is -0.0277. The average molecular weight is 496 g/mol. The molecule has 0 saturated carbocycles. The minimum absolute atomic E-state index is 0.140. The van der Waals surface area contributed by atoms with Gasteiger partial charge in [-0.05, 0) is 35.9 Å². The van der Waals surface area contributed by atoms with E-state index in [1.54, 1.807) is 20.4 Å². The molecule has 0 unspecified atom stereocenters. The van der Waals surface area contributed by atoms with Crippen LogP contribution in [0.5, 0.6) is 0 Å². The molecule has 0 saturated heterocycles. The molecule has 7 nitrogen and oxygen atoms in total. The number of thiophene rings is 1. The minimum atomic E-state index is -4.58. The number of fused-ring (bicyclic) bond motifs is 3. The first-order chi connectivity index (χ1) is 15.7. The van der Waals surface area contributed by atoms with E-state index in [4.69, 9.17) is 0 Å². The third-order valence-corrected chi connectivity index (χ3v) is 6.77. The number of halogens is 3. The Balaban J connectivity index is 1.60. The van der Waals surface area contributed by atoms with Crippen LogP contribution >= 0.6 is 23.1 Å². The van der Waals surface area contributed by atoms with Crippen molar-refractivity contribution in [3.05, 3.63) is 51.6 Å². The Hall–Kier alpha value is -2.86. The van der Waals surface area contributed by atoms with Crippen LogP contribution in [0.25, 0.3) is 16.0 Å². The molecule has 3 aromatic heterocycles. The van der Waals surface area contributed by atoms with Gasteiger partial charge in [0.15, 0.2) is 5.16 Å². The van der Waals surface area contributed by atoms with Crippen LogP contribution < -0.4 is 10.9 Å². The largest absolute Gasteiger partial charge is 0.418 e. The number of amides is 1. The van der Waals surface area contributed by atoms with Gasteiger partial charge in [0.25, 0.3) is 5.56 Å². The molecular formula is C21H20F3N5O2S2. The van der Waals surface area contributed by atoms with Crippen molar-refractivity contribution in [2.75, 3.05) is 11.1 Å². The number of thioether (sulfide) groups is 1. The quantitative estimate of drug-likeness (QED) is 0.369. The fourth-order valence-electron chi connectivity index (χ4n) is 3.34. The zero-order chi connectivity index (χ0) is 23.8. The van der Waals surface area contributed by atoms with E-state index in [-0.39, 0.29) is 17.0 Å². The molecule has 0 spiro atoms. The van der Waals surface area contributed by atoms with Gasteiger partial charge in [-0.25, -0.2) is 0 Å². The number of anilines is 1. The zero-order valence-corrected chi connectivity index (χ0v) is 19.4. The van der Waals surface area contributed by atoms with Crippen molar-refractivity contribution in [3.8, 4) is 0 Å². The average Bonchev–Trinajstić information content (AvgIpc) is 3.39. The molecular weight excluding hydrogens is 475 g/mol. The van der Waals surface area contributed by atoms with Gasteiger partial charge in [-0.3, -0.25) is 18.6 Å². The maximum atomic E-state index is 13.2. The van der Waals surface area contributed by atoms with Gasteiger partial charge >= 0.3 is 6.18 Å². The van der Waals surface area contributed by atoms with Crippen LogP contribution in [-0.2, 0) is 17.5 Å². The van der Waals surface area contributed by atoms with E-state index in [9.17, 15) is 22.8 Å². The lowest BCUT2D eigenvalue weighted by Crippen LogP contribution is -2.23. The Bertz CT molecular complexity index is 1370. The van der Waals surface area contributed by atoms with Gasteiger partial charge in [-0.2, -0.15) is 13.2 Å². The summed E-state index contributed by atoms with van der Waals surface area (Å²) >= 11 is 2.35. The minimum Gasteiger partial charge on any atom is -0.325 e. The molecule has 33 heavy (non-hydrogen) atoms. The van der Waals surface area contributed by atoms with Gasteiger partial charge in [0, 0.05) is 6.54 Å². The number of benzene rings is 1. The highest BCUT2D eigenvalue weighted by molar-refractivity contribution is 7.99. The third kappa shape index (κ3) is 4.76. The van der Waals surface area contributed by atoms with E-state index in [2.05, 4.69) is 29.4 Å². The summed E-state index contributed by atoms with van der Waals surface area (Å²) in [5.41, 5.74) is -0.718. The zero-order valence-electron chi connectivity index (χ0n) is 17.7. The maximum Gasteiger partial charge on any atom is 0.418 e. The van der Waals surface area contributed by atoms with Crippen LogP contribution in [-0.4, -0.2) is 30.8 Å². The summed E-state index contributed by atoms with van der Waals surface area (Å²) in [5, 5.41) is 12.8. The maximum absolute atomic E-state index is 13.2. The Morgan fingerprint density at radius 3 is 2.70 bits per heavy atom. The third-order valence-electron chi connectivity index (χ3n) is 4.95. The number of carbonyl (C=O) groups is 1. The number of carbonyl (C=O) groups excluding carboxylic acids is 1. The van der Waals surface area contributed by atoms with Crippen LogP contribution in [0.2, 0.25) is 0 Å². The highest BCUT2D eigenvalue weighted by Crippen LogP contribution is 2.34. The predicted octanol–water partition coefficient (Wildman–Crippen LogP) is 4.90. The van der Waals surface area contributed by atoms with Crippen LogP contribution in [0, 0.1) is 5.92 Å². The fourth-order valence-corrected chi connectivity index (χ4v) is 4.90. The molecule has 1 amide bonds. The van der Waals surface area contributed by atoms with Gasteiger partial charge < -0.3 is 5.32 Å². The van der Waals surface area contributed by atoms with Crippen molar-refractivity contribution in [2.24, 2.45) is 5.92 Å². The number of alkyl halides is 3. The summed E-state index contributed by atoms with van der Waals surface area (Å²) < 4.78 is 43.4. The number of aromatic nitrogens is 4. The Labute approximate surface area is 194 Å². The molecule has 0 atom stereocenters. The molecule has 3 heterocycles. The Morgan fingerprint density at radius 2 is 1.97 bits per heavy atom.